The average Bonchev–Trinajstić information content (AvgIpc) is 3.90. The topological polar surface area (TPSA) is 54.8 Å². The molecule has 5 nitrogen and oxygen atoms in total. The monoisotopic (exact) mass is 794 g/mol. The SMILES string of the molecule is c1ccc(C2=NC(c3cccc(-c4ccccc4)c3)NC(c3ccc4c(c3)oc3c(-n5c6ccc(-c7ccccc7)cc6c6ccc(-c7ccccc7)cc65)cccc34)=N2)cc1. The Morgan fingerprint density at radius 1 is 0.403 bits per heavy atom. The van der Waals surface area contributed by atoms with E-state index in [4.69, 9.17) is 14.4 Å². The summed E-state index contributed by atoms with van der Waals surface area (Å²) in [6, 6.07) is 77.0. The fourth-order valence-corrected chi connectivity index (χ4v) is 9.01. The van der Waals surface area contributed by atoms with Crippen molar-refractivity contribution in [3.05, 3.63) is 235 Å². The van der Waals surface area contributed by atoms with Gasteiger partial charge >= 0.3 is 0 Å². The Morgan fingerprint density at radius 3 is 1.69 bits per heavy atom. The highest BCUT2D eigenvalue weighted by atomic mass is 16.3. The molecule has 1 atom stereocenters. The van der Waals surface area contributed by atoms with Crippen molar-refractivity contribution in [2.75, 3.05) is 0 Å². The third-order valence-electron chi connectivity index (χ3n) is 12.1. The number of nitrogens with one attached hydrogen (secondary N) is 1. The number of furan rings is 1. The summed E-state index contributed by atoms with van der Waals surface area (Å²) >= 11 is 0. The lowest BCUT2D eigenvalue weighted by Crippen LogP contribution is -2.33. The predicted molar refractivity (Wildman–Crippen MR) is 256 cm³/mol. The molecule has 0 saturated heterocycles. The van der Waals surface area contributed by atoms with Crippen LogP contribution < -0.4 is 5.32 Å². The van der Waals surface area contributed by atoms with E-state index in [-0.39, 0.29) is 6.17 Å². The van der Waals surface area contributed by atoms with Crippen molar-refractivity contribution in [2.45, 2.75) is 6.17 Å². The van der Waals surface area contributed by atoms with Crippen LogP contribution in [0.4, 0.5) is 0 Å². The third kappa shape index (κ3) is 6.18. The molecule has 0 radical (unpaired) electrons. The molecule has 2 aromatic heterocycles. The largest absolute Gasteiger partial charge is 0.454 e. The van der Waals surface area contributed by atoms with Crippen molar-refractivity contribution in [1.29, 1.82) is 0 Å². The van der Waals surface area contributed by atoms with Gasteiger partial charge in [-0.2, -0.15) is 0 Å². The van der Waals surface area contributed by atoms with Gasteiger partial charge in [0.05, 0.1) is 16.7 Å². The Labute approximate surface area is 358 Å². The van der Waals surface area contributed by atoms with Gasteiger partial charge in [0, 0.05) is 32.7 Å². The maximum absolute atomic E-state index is 7.00. The van der Waals surface area contributed by atoms with Crippen molar-refractivity contribution in [1.82, 2.24) is 9.88 Å². The number of aromatic nitrogens is 1. The second kappa shape index (κ2) is 14.8. The molecular weight excluding hydrogens is 757 g/mol. The molecule has 11 aromatic rings. The molecule has 0 fully saturated rings. The summed E-state index contributed by atoms with van der Waals surface area (Å²) in [6.45, 7) is 0. The summed E-state index contributed by atoms with van der Waals surface area (Å²) in [5, 5.41) is 8.17. The number of para-hydroxylation sites is 1. The Morgan fingerprint density at radius 2 is 0.984 bits per heavy atom. The first-order valence-corrected chi connectivity index (χ1v) is 21.0. The minimum absolute atomic E-state index is 0.349. The highest BCUT2D eigenvalue weighted by Crippen LogP contribution is 2.41. The number of fused-ring (bicyclic) bond motifs is 6. The molecule has 5 heteroatoms. The Hall–Kier alpha value is -8.28. The summed E-state index contributed by atoms with van der Waals surface area (Å²) in [6.07, 6.45) is -0.349. The maximum atomic E-state index is 7.00. The molecule has 1 unspecified atom stereocenters. The first kappa shape index (κ1) is 35.6. The Bertz CT molecular complexity index is 3530. The van der Waals surface area contributed by atoms with E-state index in [2.05, 4.69) is 204 Å². The minimum atomic E-state index is -0.349. The lowest BCUT2D eigenvalue weighted by molar-refractivity contribution is 0.664. The summed E-state index contributed by atoms with van der Waals surface area (Å²) in [4.78, 5) is 10.3. The van der Waals surface area contributed by atoms with Crippen molar-refractivity contribution in [3.8, 4) is 39.1 Å². The van der Waals surface area contributed by atoms with Crippen molar-refractivity contribution < 1.29 is 4.42 Å². The summed E-state index contributed by atoms with van der Waals surface area (Å²) in [7, 11) is 0. The van der Waals surface area contributed by atoms with Gasteiger partial charge in [-0.15, -0.1) is 0 Å². The molecule has 1 aliphatic heterocycles. The third-order valence-corrected chi connectivity index (χ3v) is 12.1. The zero-order valence-electron chi connectivity index (χ0n) is 33.6. The van der Waals surface area contributed by atoms with Gasteiger partial charge in [0.15, 0.2) is 11.4 Å². The molecule has 12 rings (SSSR count). The molecule has 292 valence electrons. The molecule has 0 bridgehead atoms. The quantitative estimate of drug-likeness (QED) is 0.175. The normalized spacial score (nSPS) is 14.0. The Balaban J connectivity index is 0.998. The number of benzene rings is 9. The number of rotatable bonds is 7. The smallest absolute Gasteiger partial charge is 0.159 e. The second-order valence-corrected chi connectivity index (χ2v) is 15.8. The van der Waals surface area contributed by atoms with E-state index in [0.29, 0.717) is 5.84 Å². The molecule has 0 spiro atoms. The predicted octanol–water partition coefficient (Wildman–Crippen LogP) is 14.2. The summed E-state index contributed by atoms with van der Waals surface area (Å²) in [5.41, 5.74) is 14.8. The lowest BCUT2D eigenvalue weighted by Gasteiger charge is -2.24. The molecule has 0 amide bonds. The van der Waals surface area contributed by atoms with Crippen LogP contribution in [0.3, 0.4) is 0 Å². The van der Waals surface area contributed by atoms with Crippen LogP contribution >= 0.6 is 0 Å². The zero-order chi connectivity index (χ0) is 41.0. The summed E-state index contributed by atoms with van der Waals surface area (Å²) < 4.78 is 9.37. The molecule has 3 heterocycles. The van der Waals surface area contributed by atoms with Gasteiger partial charge in [0.1, 0.15) is 17.6 Å². The van der Waals surface area contributed by atoms with Gasteiger partial charge < -0.3 is 14.3 Å². The number of hydrogen-bond acceptors (Lipinski definition) is 4. The van der Waals surface area contributed by atoms with Gasteiger partial charge in [-0.1, -0.05) is 176 Å². The minimum Gasteiger partial charge on any atom is -0.454 e. The number of amidine groups is 2. The van der Waals surface area contributed by atoms with Gasteiger partial charge in [-0.05, 0) is 81.4 Å². The lowest BCUT2D eigenvalue weighted by atomic mass is 10.0. The summed E-state index contributed by atoms with van der Waals surface area (Å²) in [5.74, 6) is 1.42. The van der Waals surface area contributed by atoms with Crippen LogP contribution in [0.15, 0.2) is 233 Å². The average molecular weight is 795 g/mol. The van der Waals surface area contributed by atoms with E-state index in [1.807, 2.05) is 24.3 Å². The number of aliphatic imine (C=N–C) groups is 2. The standard InChI is InChI=1S/C57H38N4O/c1-5-15-37(16-6-1)41-23-13-24-44(33-41)56-58-55(40-21-11-4-12-22-40)59-57(60-56)45-28-31-47-48-25-14-26-51(54(48)62-53(47)36-45)61-50-32-29-42(38-17-7-2-8-18-38)34-49(50)46-30-27-43(35-52(46)61)39-19-9-3-10-20-39/h1-36,56H,(H,58,59,60). The maximum Gasteiger partial charge on any atom is 0.159 e. The van der Waals surface area contributed by atoms with Crippen molar-refractivity contribution in [2.24, 2.45) is 9.98 Å². The first-order chi connectivity index (χ1) is 30.7. The molecule has 62 heavy (non-hydrogen) atoms. The van der Waals surface area contributed by atoms with E-state index in [9.17, 15) is 0 Å². The molecule has 1 aliphatic rings. The fourth-order valence-electron chi connectivity index (χ4n) is 9.01. The Kier molecular flexibility index (Phi) is 8.49. The van der Waals surface area contributed by atoms with Gasteiger partial charge in [-0.25, -0.2) is 9.98 Å². The molecule has 9 aromatic carbocycles. The van der Waals surface area contributed by atoms with Crippen LogP contribution in [0, 0.1) is 0 Å². The molecule has 0 aliphatic carbocycles. The second-order valence-electron chi connectivity index (χ2n) is 15.8. The van der Waals surface area contributed by atoms with E-state index < -0.39 is 0 Å². The van der Waals surface area contributed by atoms with Crippen LogP contribution in [0.1, 0.15) is 22.9 Å². The van der Waals surface area contributed by atoms with E-state index in [0.717, 1.165) is 77.9 Å². The van der Waals surface area contributed by atoms with Crippen LogP contribution in [-0.2, 0) is 0 Å². The van der Waals surface area contributed by atoms with Gasteiger partial charge in [0.2, 0.25) is 0 Å². The molecule has 1 N–H and O–H groups in total. The van der Waals surface area contributed by atoms with Gasteiger partial charge in [0.25, 0.3) is 0 Å². The zero-order valence-corrected chi connectivity index (χ0v) is 33.6. The highest BCUT2D eigenvalue weighted by molar-refractivity contribution is 6.16. The molecular formula is C57H38N4O. The first-order valence-electron chi connectivity index (χ1n) is 21.0. The number of hydrogen-bond donors (Lipinski definition) is 1. The van der Waals surface area contributed by atoms with E-state index in [1.54, 1.807) is 0 Å². The van der Waals surface area contributed by atoms with Crippen LogP contribution in [0.2, 0.25) is 0 Å². The van der Waals surface area contributed by atoms with E-state index >= 15 is 0 Å². The number of nitrogens with zero attached hydrogens (tertiary/aromatic N) is 3. The molecule has 0 saturated carbocycles. The van der Waals surface area contributed by atoms with Crippen molar-refractivity contribution >= 4 is 55.4 Å². The van der Waals surface area contributed by atoms with Crippen LogP contribution in [0.25, 0.3) is 82.8 Å². The van der Waals surface area contributed by atoms with Gasteiger partial charge in [-0.3, -0.25) is 0 Å². The van der Waals surface area contributed by atoms with Crippen LogP contribution in [-0.4, -0.2) is 16.2 Å². The van der Waals surface area contributed by atoms with Crippen LogP contribution in [0.5, 0.6) is 0 Å². The van der Waals surface area contributed by atoms with Crippen molar-refractivity contribution in [3.63, 3.8) is 0 Å². The highest BCUT2D eigenvalue weighted by Gasteiger charge is 2.24. The fraction of sp³-hybridized carbons (Fsp3) is 0.0175. The van der Waals surface area contributed by atoms with E-state index in [1.165, 1.54) is 27.5 Å².